The third-order valence-corrected chi connectivity index (χ3v) is 13.0. The van der Waals surface area contributed by atoms with Crippen LogP contribution in [-0.2, 0) is 0 Å². The van der Waals surface area contributed by atoms with E-state index in [0.29, 0.717) is 33.9 Å². The molecular formula is C54H30N6S. The molecule has 0 fully saturated rings. The van der Waals surface area contributed by atoms with E-state index in [-0.39, 0.29) is 0 Å². The third-order valence-electron chi connectivity index (χ3n) is 11.8. The van der Waals surface area contributed by atoms with E-state index in [1.54, 1.807) is 11.3 Å². The molecule has 7 heteroatoms. The van der Waals surface area contributed by atoms with Crippen molar-refractivity contribution in [3.8, 4) is 57.4 Å². The van der Waals surface area contributed by atoms with Crippen molar-refractivity contribution in [3.63, 3.8) is 0 Å². The Labute approximate surface area is 353 Å². The van der Waals surface area contributed by atoms with Crippen LogP contribution in [0.2, 0.25) is 0 Å². The van der Waals surface area contributed by atoms with E-state index >= 15 is 0 Å². The number of nitriles is 2. The van der Waals surface area contributed by atoms with E-state index < -0.39 is 0 Å². The van der Waals surface area contributed by atoms with Gasteiger partial charge in [0, 0.05) is 64.1 Å². The highest BCUT2D eigenvalue weighted by molar-refractivity contribution is 7.26. The summed E-state index contributed by atoms with van der Waals surface area (Å²) in [6, 6.07) is 67.1. The van der Waals surface area contributed by atoms with Crippen molar-refractivity contribution in [2.75, 3.05) is 0 Å². The van der Waals surface area contributed by atoms with Gasteiger partial charge in [-0.3, -0.25) is 0 Å². The van der Waals surface area contributed by atoms with E-state index in [9.17, 15) is 10.5 Å². The molecule has 4 aromatic heterocycles. The number of hydrogen-bond donors (Lipinski definition) is 0. The Balaban J connectivity index is 1.14. The van der Waals surface area contributed by atoms with Crippen LogP contribution in [0.15, 0.2) is 182 Å². The van der Waals surface area contributed by atoms with E-state index in [0.717, 1.165) is 76.2 Å². The Morgan fingerprint density at radius 2 is 1.05 bits per heavy atom. The molecule has 0 amide bonds. The van der Waals surface area contributed by atoms with Gasteiger partial charge in [-0.2, -0.15) is 10.5 Å². The molecule has 0 N–H and O–H groups in total. The van der Waals surface area contributed by atoms with Gasteiger partial charge in [0.15, 0.2) is 5.82 Å². The molecule has 61 heavy (non-hydrogen) atoms. The summed E-state index contributed by atoms with van der Waals surface area (Å²) >= 11 is 1.71. The van der Waals surface area contributed by atoms with E-state index in [1.807, 2.05) is 66.7 Å². The van der Waals surface area contributed by atoms with E-state index in [4.69, 9.17) is 9.97 Å². The lowest BCUT2D eigenvalue weighted by atomic mass is 9.98. The summed E-state index contributed by atoms with van der Waals surface area (Å²) in [5.74, 6) is 0.520. The largest absolute Gasteiger partial charge is 0.307 e. The van der Waals surface area contributed by atoms with Crippen LogP contribution < -0.4 is 0 Å². The molecule has 0 aliphatic carbocycles. The lowest BCUT2D eigenvalue weighted by molar-refractivity contribution is 1.14. The summed E-state index contributed by atoms with van der Waals surface area (Å²) in [7, 11) is 0. The van der Waals surface area contributed by atoms with Gasteiger partial charge >= 0.3 is 0 Å². The number of para-hydroxylation sites is 3. The number of hydrogen-bond acceptors (Lipinski definition) is 5. The second-order valence-corrected chi connectivity index (χ2v) is 16.2. The van der Waals surface area contributed by atoms with Crippen molar-refractivity contribution in [3.05, 3.63) is 193 Å². The minimum atomic E-state index is 0.348. The summed E-state index contributed by atoms with van der Waals surface area (Å²) < 4.78 is 6.84. The van der Waals surface area contributed by atoms with Crippen molar-refractivity contribution in [2.24, 2.45) is 0 Å². The summed E-state index contributed by atoms with van der Waals surface area (Å²) in [5, 5.41) is 28.8. The number of benzene rings is 8. The van der Waals surface area contributed by atoms with Gasteiger partial charge < -0.3 is 9.13 Å². The normalized spacial score (nSPS) is 11.6. The van der Waals surface area contributed by atoms with Gasteiger partial charge in [-0.15, -0.1) is 11.3 Å². The minimum absolute atomic E-state index is 0.348. The fourth-order valence-electron chi connectivity index (χ4n) is 9.19. The molecule has 12 aromatic rings. The first kappa shape index (κ1) is 34.7. The quantitative estimate of drug-likeness (QED) is 0.174. The highest BCUT2D eigenvalue weighted by Gasteiger charge is 2.25. The Morgan fingerprint density at radius 3 is 1.75 bits per heavy atom. The Kier molecular flexibility index (Phi) is 7.73. The Bertz CT molecular complexity index is 3840. The number of fused-ring (bicyclic) bond motifs is 10. The molecule has 0 saturated carbocycles. The van der Waals surface area contributed by atoms with Crippen LogP contribution in [0.5, 0.6) is 0 Å². The van der Waals surface area contributed by atoms with Crippen LogP contribution in [0, 0.1) is 22.7 Å². The Morgan fingerprint density at radius 1 is 0.459 bits per heavy atom. The second kappa shape index (κ2) is 13.6. The zero-order valence-corrected chi connectivity index (χ0v) is 33.2. The van der Waals surface area contributed by atoms with Crippen LogP contribution >= 0.6 is 11.3 Å². The summed E-state index contributed by atoms with van der Waals surface area (Å²) in [4.78, 5) is 10.4. The van der Waals surface area contributed by atoms with Crippen LogP contribution in [0.3, 0.4) is 0 Å². The average molecular weight is 795 g/mol. The maximum absolute atomic E-state index is 11.1. The number of thiophene rings is 1. The predicted octanol–water partition coefficient (Wildman–Crippen LogP) is 13.8. The maximum atomic E-state index is 11.1. The average Bonchev–Trinajstić information content (AvgIpc) is 3.99. The molecule has 8 aromatic carbocycles. The molecule has 0 unspecified atom stereocenters. The lowest BCUT2D eigenvalue weighted by Crippen LogP contribution is -2.03. The van der Waals surface area contributed by atoms with Crippen LogP contribution in [0.1, 0.15) is 11.1 Å². The van der Waals surface area contributed by atoms with Gasteiger partial charge in [0.25, 0.3) is 0 Å². The van der Waals surface area contributed by atoms with E-state index in [1.165, 1.54) is 10.1 Å². The van der Waals surface area contributed by atoms with Crippen LogP contribution in [0.25, 0.3) is 109 Å². The third kappa shape index (κ3) is 5.19. The first-order valence-electron chi connectivity index (χ1n) is 20.0. The molecule has 4 heterocycles. The standard InChI is InChI=1S/C54H30N6S/c55-31-35-30-34(50-44(32-56)49(33-14-3-1-4-15-33)57-54(58-50)43-22-13-21-42-39-20-9-12-25-48(39)61-53(42)43)26-29-45(35)60-47-24-11-8-19-38(47)41-28-27-40-37-18-7-10-23-46(37)59(51(40)52(41)60)36-16-5-2-6-17-36/h1-30H. The zero-order valence-electron chi connectivity index (χ0n) is 32.4. The van der Waals surface area contributed by atoms with Crippen molar-refractivity contribution < 1.29 is 0 Å². The maximum Gasteiger partial charge on any atom is 0.161 e. The van der Waals surface area contributed by atoms with Gasteiger partial charge in [-0.25, -0.2) is 9.97 Å². The first-order valence-corrected chi connectivity index (χ1v) is 20.9. The monoisotopic (exact) mass is 794 g/mol. The fraction of sp³-hybridized carbons (Fsp3) is 0. The van der Waals surface area contributed by atoms with Gasteiger partial charge in [0.2, 0.25) is 0 Å². The molecule has 0 bridgehead atoms. The molecule has 0 aliphatic rings. The van der Waals surface area contributed by atoms with Gasteiger partial charge in [0.05, 0.1) is 44.7 Å². The van der Waals surface area contributed by atoms with E-state index in [2.05, 4.69) is 137 Å². The molecule has 6 nitrogen and oxygen atoms in total. The molecule has 0 aliphatic heterocycles. The summed E-state index contributed by atoms with van der Waals surface area (Å²) in [5.41, 5.74) is 10.1. The topological polar surface area (TPSA) is 83.2 Å². The van der Waals surface area contributed by atoms with Crippen LogP contribution in [-0.4, -0.2) is 19.1 Å². The van der Waals surface area contributed by atoms with Gasteiger partial charge in [-0.1, -0.05) is 133 Å². The summed E-state index contributed by atoms with van der Waals surface area (Å²) in [6.07, 6.45) is 0. The number of nitrogens with zero attached hydrogens (tertiary/aromatic N) is 6. The molecule has 0 radical (unpaired) electrons. The van der Waals surface area contributed by atoms with Crippen molar-refractivity contribution >= 4 is 75.1 Å². The predicted molar refractivity (Wildman–Crippen MR) is 249 cm³/mol. The molecule has 0 saturated heterocycles. The van der Waals surface area contributed by atoms with Gasteiger partial charge in [0.1, 0.15) is 17.7 Å². The number of rotatable bonds is 5. The molecule has 12 rings (SSSR count). The van der Waals surface area contributed by atoms with Crippen molar-refractivity contribution in [1.29, 1.82) is 10.5 Å². The highest BCUT2D eigenvalue weighted by Crippen LogP contribution is 2.44. The Hall–Kier alpha value is -8.36. The molecular weight excluding hydrogens is 765 g/mol. The summed E-state index contributed by atoms with van der Waals surface area (Å²) in [6.45, 7) is 0. The van der Waals surface area contributed by atoms with Crippen molar-refractivity contribution in [1.82, 2.24) is 19.1 Å². The van der Waals surface area contributed by atoms with Crippen molar-refractivity contribution in [2.45, 2.75) is 0 Å². The highest BCUT2D eigenvalue weighted by atomic mass is 32.1. The molecule has 0 atom stereocenters. The SMILES string of the molecule is N#Cc1cc(-c2nc(-c3cccc4c3sc3ccccc34)nc(-c3ccccc3)c2C#N)ccc1-n1c2ccccc2c2ccc3c4ccccc4n(-c4ccccc4)c3c21. The zero-order chi connectivity index (χ0) is 40.6. The minimum Gasteiger partial charge on any atom is -0.307 e. The molecule has 282 valence electrons. The lowest BCUT2D eigenvalue weighted by Gasteiger charge is -2.16. The molecule has 0 spiro atoms. The smallest absolute Gasteiger partial charge is 0.161 e. The first-order chi connectivity index (χ1) is 30.2. The fourth-order valence-corrected chi connectivity index (χ4v) is 10.4. The number of aromatic nitrogens is 4. The van der Waals surface area contributed by atoms with Crippen LogP contribution in [0.4, 0.5) is 0 Å². The van der Waals surface area contributed by atoms with Gasteiger partial charge in [-0.05, 0) is 48.5 Å². The second-order valence-electron chi connectivity index (χ2n) is 15.1.